The molecule has 7 heteroatoms. The molecule has 3 aromatic rings. The van der Waals surface area contributed by atoms with Gasteiger partial charge < -0.3 is 10.0 Å². The molecule has 32 heavy (non-hydrogen) atoms. The predicted molar refractivity (Wildman–Crippen MR) is 126 cm³/mol. The lowest BCUT2D eigenvalue weighted by Crippen LogP contribution is -2.59. The fraction of sp³-hybridized carbons (Fsp3) is 0.400. The van der Waals surface area contributed by atoms with Crippen molar-refractivity contribution < 1.29 is 9.90 Å². The Balaban J connectivity index is 1.85. The molecule has 0 saturated carbocycles. The Morgan fingerprint density at radius 3 is 2.41 bits per heavy atom. The number of halogens is 1. The largest absolute Gasteiger partial charge is 0.465 e. The lowest BCUT2D eigenvalue weighted by atomic mass is 9.71. The monoisotopic (exact) mass is 453 g/mol. The average molecular weight is 454 g/mol. The molecule has 0 bridgehead atoms. The summed E-state index contributed by atoms with van der Waals surface area (Å²) in [5, 5.41) is 16.8. The minimum Gasteiger partial charge on any atom is -0.465 e. The van der Waals surface area contributed by atoms with Gasteiger partial charge in [-0.05, 0) is 42.0 Å². The van der Waals surface area contributed by atoms with Gasteiger partial charge in [0.2, 0.25) is 0 Å². The van der Waals surface area contributed by atoms with Gasteiger partial charge in [0.1, 0.15) is 0 Å². The van der Waals surface area contributed by atoms with Crippen molar-refractivity contribution in [2.45, 2.75) is 52.1 Å². The van der Waals surface area contributed by atoms with Crippen LogP contribution in [-0.4, -0.2) is 38.0 Å². The molecule has 1 amide bonds. The molecule has 0 aliphatic carbocycles. The van der Waals surface area contributed by atoms with E-state index < -0.39 is 11.6 Å². The van der Waals surface area contributed by atoms with Crippen LogP contribution in [0.5, 0.6) is 0 Å². The number of benzene rings is 2. The minimum absolute atomic E-state index is 0.193. The molecule has 0 spiro atoms. The van der Waals surface area contributed by atoms with Crippen molar-refractivity contribution in [1.82, 2.24) is 14.7 Å². The van der Waals surface area contributed by atoms with Crippen molar-refractivity contribution in [3.8, 4) is 0 Å². The highest BCUT2D eigenvalue weighted by Crippen LogP contribution is 2.44. The lowest BCUT2D eigenvalue weighted by Gasteiger charge is -2.47. The van der Waals surface area contributed by atoms with E-state index in [-0.39, 0.29) is 17.5 Å². The second-order valence-corrected chi connectivity index (χ2v) is 10.0. The molecule has 1 aromatic heterocycles. The third kappa shape index (κ3) is 3.88. The van der Waals surface area contributed by atoms with Gasteiger partial charge in [-0.2, -0.15) is 5.10 Å². The van der Waals surface area contributed by atoms with Crippen LogP contribution in [0, 0.1) is 5.41 Å². The van der Waals surface area contributed by atoms with Gasteiger partial charge in [-0.25, -0.2) is 9.48 Å². The molecule has 2 aromatic carbocycles. The van der Waals surface area contributed by atoms with Gasteiger partial charge in [0.25, 0.3) is 5.56 Å². The molecule has 1 N–H and O–H groups in total. The van der Waals surface area contributed by atoms with Gasteiger partial charge in [-0.3, -0.25) is 4.79 Å². The zero-order chi connectivity index (χ0) is 23.1. The number of rotatable bonds is 4. The molecule has 168 valence electrons. The maximum Gasteiger partial charge on any atom is 0.407 e. The molecule has 1 atom stereocenters. The lowest BCUT2D eigenvalue weighted by molar-refractivity contribution is 0.0143. The zero-order valence-electron chi connectivity index (χ0n) is 18.6. The molecule has 1 aliphatic rings. The fourth-order valence-electron chi connectivity index (χ4n) is 4.93. The first kappa shape index (κ1) is 22.3. The van der Waals surface area contributed by atoms with E-state index in [4.69, 9.17) is 16.7 Å². The van der Waals surface area contributed by atoms with Gasteiger partial charge in [0.15, 0.2) is 0 Å². The van der Waals surface area contributed by atoms with Crippen molar-refractivity contribution in [3.63, 3.8) is 0 Å². The van der Waals surface area contributed by atoms with Crippen LogP contribution in [0.2, 0.25) is 5.02 Å². The first-order valence-corrected chi connectivity index (χ1v) is 11.2. The van der Waals surface area contributed by atoms with E-state index in [0.717, 1.165) is 23.1 Å². The average Bonchev–Trinajstić information content (AvgIpc) is 3.18. The van der Waals surface area contributed by atoms with E-state index >= 15 is 0 Å². The molecule has 1 fully saturated rings. The van der Waals surface area contributed by atoms with Gasteiger partial charge in [0.05, 0.1) is 23.2 Å². The third-order valence-electron chi connectivity index (χ3n) is 6.76. The molecule has 4 rings (SSSR count). The van der Waals surface area contributed by atoms with E-state index in [0.29, 0.717) is 29.8 Å². The number of carboxylic acid groups (broad SMARTS) is 1. The highest BCUT2D eigenvalue weighted by atomic mass is 35.5. The van der Waals surface area contributed by atoms with Crippen LogP contribution in [0.4, 0.5) is 4.79 Å². The van der Waals surface area contributed by atoms with Crippen molar-refractivity contribution in [3.05, 3.63) is 75.2 Å². The van der Waals surface area contributed by atoms with Crippen LogP contribution < -0.4 is 5.56 Å². The van der Waals surface area contributed by atoms with E-state index in [9.17, 15) is 14.7 Å². The molecular weight excluding hydrogens is 426 g/mol. The van der Waals surface area contributed by atoms with E-state index in [1.54, 1.807) is 0 Å². The number of fused-ring (bicyclic) bond motifs is 1. The van der Waals surface area contributed by atoms with Gasteiger partial charge in [-0.1, -0.05) is 62.7 Å². The van der Waals surface area contributed by atoms with Gasteiger partial charge in [0, 0.05) is 23.4 Å². The highest BCUT2D eigenvalue weighted by molar-refractivity contribution is 6.30. The highest BCUT2D eigenvalue weighted by Gasteiger charge is 2.52. The van der Waals surface area contributed by atoms with Crippen molar-refractivity contribution >= 4 is 28.5 Å². The third-order valence-corrected chi connectivity index (χ3v) is 7.01. The Morgan fingerprint density at radius 1 is 1.12 bits per heavy atom. The quantitative estimate of drug-likeness (QED) is 0.589. The second kappa shape index (κ2) is 8.24. The summed E-state index contributed by atoms with van der Waals surface area (Å²) < 4.78 is 1.49. The van der Waals surface area contributed by atoms with Crippen LogP contribution in [-0.2, 0) is 13.0 Å². The van der Waals surface area contributed by atoms with E-state index in [1.165, 1.54) is 9.58 Å². The first-order valence-electron chi connectivity index (χ1n) is 10.9. The summed E-state index contributed by atoms with van der Waals surface area (Å²) in [7, 11) is 0. The molecular formula is C25H28ClN3O3. The first-order chi connectivity index (χ1) is 15.1. The number of amides is 1. The number of hydrogen-bond acceptors (Lipinski definition) is 3. The Kier molecular flexibility index (Phi) is 5.76. The van der Waals surface area contributed by atoms with Gasteiger partial charge >= 0.3 is 6.09 Å². The molecule has 0 radical (unpaired) electrons. The van der Waals surface area contributed by atoms with Crippen molar-refractivity contribution in [2.24, 2.45) is 5.41 Å². The summed E-state index contributed by atoms with van der Waals surface area (Å²) in [4.78, 5) is 27.0. The summed E-state index contributed by atoms with van der Waals surface area (Å²) in [5.74, 6) is 0. The molecule has 1 saturated heterocycles. The predicted octanol–water partition coefficient (Wildman–Crippen LogP) is 5.20. The number of nitrogens with zero attached hydrogens (tertiary/aromatic N) is 3. The van der Waals surface area contributed by atoms with E-state index in [1.807, 2.05) is 69.3 Å². The van der Waals surface area contributed by atoms with E-state index in [2.05, 4.69) is 0 Å². The Bertz CT molecular complexity index is 1210. The number of likely N-dealkylation sites (tertiary alicyclic amines) is 1. The minimum atomic E-state index is -0.951. The van der Waals surface area contributed by atoms with Crippen LogP contribution in [0.3, 0.4) is 0 Å². The zero-order valence-corrected chi connectivity index (χ0v) is 19.4. The number of aromatic nitrogens is 2. The van der Waals surface area contributed by atoms with Crippen molar-refractivity contribution in [2.75, 3.05) is 6.54 Å². The molecule has 6 nitrogen and oxygen atoms in total. The normalized spacial score (nSPS) is 18.9. The summed E-state index contributed by atoms with van der Waals surface area (Å²) in [6.45, 7) is 6.80. The summed E-state index contributed by atoms with van der Waals surface area (Å²) in [5.41, 5.74) is 0.546. The number of hydrogen-bond donors (Lipinski definition) is 1. The topological polar surface area (TPSA) is 75.4 Å². The molecule has 2 heterocycles. The van der Waals surface area contributed by atoms with Crippen LogP contribution in [0.25, 0.3) is 10.8 Å². The molecule has 1 aliphatic heterocycles. The Morgan fingerprint density at radius 2 is 1.78 bits per heavy atom. The summed E-state index contributed by atoms with van der Waals surface area (Å²) in [6, 6.07) is 15.1. The van der Waals surface area contributed by atoms with Crippen LogP contribution in [0.1, 0.15) is 44.9 Å². The maximum absolute atomic E-state index is 13.4. The second-order valence-electron chi connectivity index (χ2n) is 9.58. The Labute approximate surface area is 192 Å². The summed E-state index contributed by atoms with van der Waals surface area (Å²) in [6.07, 6.45) is 1.05. The van der Waals surface area contributed by atoms with Crippen LogP contribution in [0.15, 0.2) is 53.3 Å². The molecule has 0 unspecified atom stereocenters. The van der Waals surface area contributed by atoms with Crippen molar-refractivity contribution in [1.29, 1.82) is 0 Å². The fourth-order valence-corrected chi connectivity index (χ4v) is 5.05. The smallest absolute Gasteiger partial charge is 0.407 e. The Hall–Kier alpha value is -2.86. The van der Waals surface area contributed by atoms with Crippen LogP contribution >= 0.6 is 11.6 Å². The standard InChI is InChI=1S/C25H28ClN3O3/c1-24(2,3)25(13-6-14-28(25)23(31)32)16-29-22(30)20-8-5-4-7-19(20)21(27-29)15-17-9-11-18(26)12-10-17/h4-5,7-12H,6,13-16H2,1-3H3,(H,31,32)/t25-/m0/s1. The number of carbonyl (C=O) groups is 1. The maximum atomic E-state index is 13.4. The summed E-state index contributed by atoms with van der Waals surface area (Å²) >= 11 is 6.03. The SMILES string of the molecule is CC(C)(C)[C@@]1(Cn2nc(Cc3ccc(Cl)cc3)c3ccccc3c2=O)CCCN1C(=O)O. The van der Waals surface area contributed by atoms with Gasteiger partial charge in [-0.15, -0.1) is 0 Å².